The third-order valence-corrected chi connectivity index (χ3v) is 7.61. The first kappa shape index (κ1) is 25.4. The first-order chi connectivity index (χ1) is 16.0. The van der Waals surface area contributed by atoms with Crippen LogP contribution in [0.4, 0.5) is 0 Å². The summed E-state index contributed by atoms with van der Waals surface area (Å²) in [5, 5.41) is 2.85. The molecule has 0 saturated carbocycles. The van der Waals surface area contributed by atoms with Crippen molar-refractivity contribution in [1.82, 2.24) is 14.5 Å². The normalized spacial score (nSPS) is 15.2. The lowest BCUT2D eigenvalue weighted by atomic mass is 10.1. The summed E-state index contributed by atoms with van der Waals surface area (Å²) in [4.78, 5) is 40.0. The molecule has 9 heteroatoms. The molecule has 1 aliphatic heterocycles. The van der Waals surface area contributed by atoms with E-state index in [2.05, 4.69) is 5.32 Å². The number of carbonyl (C=O) groups excluding carboxylic acids is 3. The lowest BCUT2D eigenvalue weighted by molar-refractivity contribution is -0.140. The molecule has 0 aliphatic carbocycles. The summed E-state index contributed by atoms with van der Waals surface area (Å²) >= 11 is 0. The second kappa shape index (κ2) is 10.4. The van der Waals surface area contributed by atoms with Crippen molar-refractivity contribution in [3.8, 4) is 0 Å². The molecule has 0 spiro atoms. The molecule has 0 unspecified atom stereocenters. The summed E-state index contributed by atoms with van der Waals surface area (Å²) < 4.78 is 26.4. The molecule has 2 aromatic carbocycles. The van der Waals surface area contributed by atoms with Crippen LogP contribution in [0.1, 0.15) is 48.7 Å². The minimum absolute atomic E-state index is 0.0506. The van der Waals surface area contributed by atoms with Crippen LogP contribution in [0.25, 0.3) is 0 Å². The molecule has 8 nitrogen and oxygen atoms in total. The second-order valence-electron chi connectivity index (χ2n) is 8.95. The summed E-state index contributed by atoms with van der Waals surface area (Å²) in [5.74, 6) is -1.08. The molecule has 2 aromatic rings. The van der Waals surface area contributed by atoms with Gasteiger partial charge in [-0.05, 0) is 37.5 Å². The molecule has 1 heterocycles. The number of nitrogens with zero attached hydrogens (tertiary/aromatic N) is 2. The number of nitrogens with one attached hydrogen (secondary N) is 1. The summed E-state index contributed by atoms with van der Waals surface area (Å²) in [5.41, 5.74) is 2.02. The van der Waals surface area contributed by atoms with Crippen LogP contribution >= 0.6 is 0 Å². The number of hydrogen-bond acceptors (Lipinski definition) is 5. The van der Waals surface area contributed by atoms with E-state index in [0.717, 1.165) is 15.4 Å². The molecule has 0 radical (unpaired) electrons. The van der Waals surface area contributed by atoms with E-state index >= 15 is 0 Å². The average Bonchev–Trinajstić information content (AvgIpc) is 3.00. The van der Waals surface area contributed by atoms with Crippen LogP contribution < -0.4 is 5.32 Å². The van der Waals surface area contributed by atoms with Crippen LogP contribution in [0.3, 0.4) is 0 Å². The SMILES string of the molecule is Cc1ccc(CN(C(=O)CCN2C(=O)c3ccccc3S2(=O)=O)[C@@H](C)C(=O)NCC(C)C)cc1. The molecule has 1 atom stereocenters. The minimum atomic E-state index is -4.00. The Morgan fingerprint density at radius 1 is 1.03 bits per heavy atom. The van der Waals surface area contributed by atoms with Crippen molar-refractivity contribution in [3.63, 3.8) is 0 Å². The fourth-order valence-corrected chi connectivity index (χ4v) is 5.29. The number of fused-ring (bicyclic) bond motifs is 1. The molecule has 34 heavy (non-hydrogen) atoms. The smallest absolute Gasteiger partial charge is 0.269 e. The Morgan fingerprint density at radius 3 is 2.29 bits per heavy atom. The largest absolute Gasteiger partial charge is 0.354 e. The topological polar surface area (TPSA) is 104 Å². The summed E-state index contributed by atoms with van der Waals surface area (Å²) in [6, 6.07) is 12.9. The molecule has 3 rings (SSSR count). The average molecular weight is 486 g/mol. The van der Waals surface area contributed by atoms with Gasteiger partial charge in [0, 0.05) is 26.1 Å². The number of carbonyl (C=O) groups is 3. The van der Waals surface area contributed by atoms with Crippen molar-refractivity contribution < 1.29 is 22.8 Å². The predicted octanol–water partition coefficient (Wildman–Crippen LogP) is 2.72. The fraction of sp³-hybridized carbons (Fsp3) is 0.400. The molecule has 0 aromatic heterocycles. The molecular formula is C25H31N3O5S. The first-order valence-electron chi connectivity index (χ1n) is 11.3. The van der Waals surface area contributed by atoms with Gasteiger partial charge in [-0.15, -0.1) is 0 Å². The van der Waals surface area contributed by atoms with Crippen molar-refractivity contribution in [3.05, 3.63) is 65.2 Å². The Labute approximate surface area is 201 Å². The van der Waals surface area contributed by atoms with Crippen LogP contribution in [-0.4, -0.2) is 54.5 Å². The van der Waals surface area contributed by atoms with Gasteiger partial charge in [-0.3, -0.25) is 14.4 Å². The van der Waals surface area contributed by atoms with Crippen molar-refractivity contribution in [1.29, 1.82) is 0 Å². The van der Waals surface area contributed by atoms with Gasteiger partial charge in [0.2, 0.25) is 11.8 Å². The van der Waals surface area contributed by atoms with Gasteiger partial charge in [0.15, 0.2) is 0 Å². The Kier molecular flexibility index (Phi) is 7.76. The summed E-state index contributed by atoms with van der Waals surface area (Å²) in [6.07, 6.45) is -0.230. The Balaban J connectivity index is 1.77. The van der Waals surface area contributed by atoms with Crippen LogP contribution in [-0.2, 0) is 26.2 Å². The van der Waals surface area contributed by atoms with E-state index in [4.69, 9.17) is 0 Å². The van der Waals surface area contributed by atoms with Crippen molar-refractivity contribution in [2.24, 2.45) is 5.92 Å². The van der Waals surface area contributed by atoms with Crippen LogP contribution in [0.2, 0.25) is 0 Å². The summed E-state index contributed by atoms with van der Waals surface area (Å²) in [6.45, 7) is 7.94. The molecule has 0 bridgehead atoms. The van der Waals surface area contributed by atoms with Crippen molar-refractivity contribution in [2.45, 2.75) is 51.6 Å². The number of rotatable bonds is 9. The van der Waals surface area contributed by atoms with Gasteiger partial charge in [-0.1, -0.05) is 55.8 Å². The standard InChI is InChI=1S/C25H31N3O5S/c1-17(2)15-26-24(30)19(4)27(16-20-11-9-18(3)10-12-20)23(29)13-14-28-25(31)21-7-5-6-8-22(21)34(28,32)33/h5-12,17,19H,13-16H2,1-4H3,(H,26,30)/t19-/m0/s1. The molecule has 182 valence electrons. The van der Waals surface area contributed by atoms with Crippen LogP contribution in [0.15, 0.2) is 53.4 Å². The summed E-state index contributed by atoms with van der Waals surface area (Å²) in [7, 11) is -4.00. The maximum atomic E-state index is 13.3. The highest BCUT2D eigenvalue weighted by Crippen LogP contribution is 2.30. The lowest BCUT2D eigenvalue weighted by Gasteiger charge is -2.29. The van der Waals surface area contributed by atoms with Gasteiger partial charge < -0.3 is 10.2 Å². The van der Waals surface area contributed by atoms with Crippen LogP contribution in [0.5, 0.6) is 0 Å². The van der Waals surface area contributed by atoms with Crippen molar-refractivity contribution >= 4 is 27.7 Å². The van der Waals surface area contributed by atoms with E-state index in [1.165, 1.54) is 17.0 Å². The maximum Gasteiger partial charge on any atom is 0.269 e. The van der Waals surface area contributed by atoms with Crippen LogP contribution in [0, 0.1) is 12.8 Å². The molecule has 0 saturated heterocycles. The number of aryl methyl sites for hydroxylation is 1. The monoisotopic (exact) mass is 485 g/mol. The van der Waals surface area contributed by atoms with Gasteiger partial charge in [0.25, 0.3) is 15.9 Å². The zero-order chi connectivity index (χ0) is 25.0. The zero-order valence-corrected chi connectivity index (χ0v) is 20.8. The zero-order valence-electron chi connectivity index (χ0n) is 19.9. The lowest BCUT2D eigenvalue weighted by Crippen LogP contribution is -2.49. The predicted molar refractivity (Wildman–Crippen MR) is 128 cm³/mol. The van der Waals surface area contributed by atoms with E-state index in [0.29, 0.717) is 6.54 Å². The van der Waals surface area contributed by atoms with E-state index in [1.807, 2.05) is 45.0 Å². The molecule has 3 amide bonds. The number of hydrogen-bond donors (Lipinski definition) is 1. The van der Waals surface area contributed by atoms with Gasteiger partial charge in [-0.25, -0.2) is 12.7 Å². The second-order valence-corrected chi connectivity index (χ2v) is 10.8. The molecule has 1 aliphatic rings. The maximum absolute atomic E-state index is 13.3. The highest BCUT2D eigenvalue weighted by atomic mass is 32.2. The molecular weight excluding hydrogens is 454 g/mol. The highest BCUT2D eigenvalue weighted by molar-refractivity contribution is 7.90. The van der Waals surface area contributed by atoms with Crippen molar-refractivity contribution in [2.75, 3.05) is 13.1 Å². The van der Waals surface area contributed by atoms with E-state index in [-0.39, 0.29) is 41.8 Å². The van der Waals surface area contributed by atoms with E-state index < -0.39 is 27.9 Å². The van der Waals surface area contributed by atoms with E-state index in [9.17, 15) is 22.8 Å². The Hall–Kier alpha value is -3.20. The minimum Gasteiger partial charge on any atom is -0.354 e. The van der Waals surface area contributed by atoms with Gasteiger partial charge in [0.1, 0.15) is 10.9 Å². The van der Waals surface area contributed by atoms with Gasteiger partial charge in [-0.2, -0.15) is 0 Å². The van der Waals surface area contributed by atoms with Gasteiger partial charge in [0.05, 0.1) is 5.56 Å². The third kappa shape index (κ3) is 5.47. The number of benzene rings is 2. The Morgan fingerprint density at radius 2 is 1.68 bits per heavy atom. The van der Waals surface area contributed by atoms with E-state index in [1.54, 1.807) is 19.1 Å². The van der Waals surface area contributed by atoms with Gasteiger partial charge >= 0.3 is 0 Å². The number of amides is 3. The quantitative estimate of drug-likeness (QED) is 0.588. The Bertz CT molecular complexity index is 1180. The molecule has 0 fully saturated rings. The number of sulfonamides is 1. The molecule has 1 N–H and O–H groups in total. The first-order valence-corrected chi connectivity index (χ1v) is 12.7. The highest BCUT2D eigenvalue weighted by Gasteiger charge is 2.41. The fourth-order valence-electron chi connectivity index (χ4n) is 3.72. The third-order valence-electron chi connectivity index (χ3n) is 5.77.